The van der Waals surface area contributed by atoms with Crippen LogP contribution >= 0.6 is 0 Å². The Morgan fingerprint density at radius 3 is 2.07 bits per heavy atom. The zero-order chi connectivity index (χ0) is 30.3. The van der Waals surface area contributed by atoms with Gasteiger partial charge in [-0.2, -0.15) is 0 Å². The molecule has 3 aromatic carbocycles. The van der Waals surface area contributed by atoms with E-state index in [4.69, 9.17) is 4.74 Å². The number of likely N-dealkylation sites (N-methyl/N-ethyl adjacent to an activating group) is 1. The van der Waals surface area contributed by atoms with Crippen LogP contribution in [0.1, 0.15) is 48.3 Å². The van der Waals surface area contributed by atoms with Crippen LogP contribution in [0.3, 0.4) is 0 Å². The van der Waals surface area contributed by atoms with Crippen molar-refractivity contribution in [2.75, 3.05) is 26.7 Å². The summed E-state index contributed by atoms with van der Waals surface area (Å²) in [7, 11) is 1.49. The fourth-order valence-electron chi connectivity index (χ4n) is 6.04. The molecule has 2 N–H and O–H groups in total. The summed E-state index contributed by atoms with van der Waals surface area (Å²) in [5, 5.41) is 12.2. The second kappa shape index (κ2) is 13.5. The highest BCUT2D eigenvalue weighted by Crippen LogP contribution is 2.44. The number of hydrogen-bond donors (Lipinski definition) is 2. The monoisotopic (exact) mass is 583 g/mol. The molecular weight excluding hydrogens is 546 g/mol. The van der Waals surface area contributed by atoms with E-state index in [1.54, 1.807) is 4.90 Å². The zero-order valence-corrected chi connectivity index (χ0v) is 24.3. The van der Waals surface area contributed by atoms with Gasteiger partial charge in [-0.25, -0.2) is 4.79 Å². The van der Waals surface area contributed by atoms with Crippen molar-refractivity contribution in [1.82, 2.24) is 15.1 Å². The number of amides is 3. The summed E-state index contributed by atoms with van der Waals surface area (Å²) in [4.78, 5) is 54.9. The van der Waals surface area contributed by atoms with E-state index in [0.29, 0.717) is 13.1 Å². The number of hydrogen-bond acceptors (Lipinski definition) is 5. The van der Waals surface area contributed by atoms with Gasteiger partial charge in [-0.05, 0) is 47.1 Å². The standard InChI is InChI=1S/C34H37N3O6/c1-36(34(42)43-22-28-26-16-8-6-14-24(26)25-15-7-9-17-27(25)28)30(20-23-12-4-2-5-13-23)32(40)35-29(21-31(38)39)33(41)37-18-10-3-11-19-37/h2,4-9,12-17,28-30H,3,10-11,18-22H2,1H3,(H,35,40)(H,38,39)/t29?,30-/m0/s1. The SMILES string of the molecule is CN(C(=O)OCC1c2ccccc2-c2ccccc21)[C@@H](Cc1ccccc1)C(=O)NC(CC(=O)O)C(=O)N1CCCCC1. The molecule has 1 unspecified atom stereocenters. The fourth-order valence-corrected chi connectivity index (χ4v) is 6.04. The van der Waals surface area contributed by atoms with E-state index in [9.17, 15) is 24.3 Å². The predicted molar refractivity (Wildman–Crippen MR) is 161 cm³/mol. The molecule has 0 bridgehead atoms. The number of ether oxygens (including phenoxy) is 1. The van der Waals surface area contributed by atoms with Gasteiger partial charge in [0.2, 0.25) is 11.8 Å². The highest BCUT2D eigenvalue weighted by Gasteiger charge is 2.35. The summed E-state index contributed by atoms with van der Waals surface area (Å²) in [5.41, 5.74) is 5.17. The molecule has 2 aliphatic rings. The molecule has 0 saturated carbocycles. The third-order valence-corrected chi connectivity index (χ3v) is 8.33. The Morgan fingerprint density at radius 1 is 0.884 bits per heavy atom. The number of rotatable bonds is 10. The molecule has 1 fully saturated rings. The van der Waals surface area contributed by atoms with Gasteiger partial charge in [0, 0.05) is 32.5 Å². The predicted octanol–water partition coefficient (Wildman–Crippen LogP) is 4.45. The molecule has 3 aromatic rings. The van der Waals surface area contributed by atoms with Gasteiger partial charge < -0.3 is 20.1 Å². The van der Waals surface area contributed by atoms with Crippen molar-refractivity contribution in [3.05, 3.63) is 95.6 Å². The topological polar surface area (TPSA) is 116 Å². The summed E-state index contributed by atoms with van der Waals surface area (Å²) in [6.07, 6.45) is 1.60. The number of carboxylic acid groups (broad SMARTS) is 1. The van der Waals surface area contributed by atoms with Crippen LogP contribution in [0.2, 0.25) is 0 Å². The smallest absolute Gasteiger partial charge is 0.410 e. The zero-order valence-electron chi connectivity index (χ0n) is 24.3. The van der Waals surface area contributed by atoms with E-state index in [-0.39, 0.29) is 18.9 Å². The molecule has 1 aliphatic carbocycles. The molecule has 224 valence electrons. The number of carbonyl (C=O) groups excluding carboxylic acids is 3. The molecule has 0 spiro atoms. The number of nitrogens with zero attached hydrogens (tertiary/aromatic N) is 2. The summed E-state index contributed by atoms with van der Waals surface area (Å²) < 4.78 is 5.82. The van der Waals surface area contributed by atoms with Gasteiger partial charge in [0.25, 0.3) is 0 Å². The van der Waals surface area contributed by atoms with Crippen LogP contribution in [0.25, 0.3) is 11.1 Å². The Morgan fingerprint density at radius 2 is 1.47 bits per heavy atom. The first-order chi connectivity index (χ1) is 20.8. The molecule has 9 heteroatoms. The first kappa shape index (κ1) is 29.8. The van der Waals surface area contributed by atoms with Crippen LogP contribution in [0, 0.1) is 0 Å². The molecule has 5 rings (SSSR count). The highest BCUT2D eigenvalue weighted by molar-refractivity contribution is 5.93. The minimum atomic E-state index is -1.24. The third kappa shape index (κ3) is 6.88. The number of piperidine rings is 1. The molecule has 1 aliphatic heterocycles. The Bertz CT molecular complexity index is 1420. The third-order valence-electron chi connectivity index (χ3n) is 8.33. The number of aliphatic carboxylic acids is 1. The first-order valence-electron chi connectivity index (χ1n) is 14.8. The maximum Gasteiger partial charge on any atom is 0.410 e. The van der Waals surface area contributed by atoms with Crippen LogP contribution in [0.5, 0.6) is 0 Å². The lowest BCUT2D eigenvalue weighted by Gasteiger charge is -2.32. The number of carbonyl (C=O) groups is 4. The molecular formula is C34H37N3O6. The molecule has 2 atom stereocenters. The lowest BCUT2D eigenvalue weighted by Crippen LogP contribution is -2.56. The summed E-state index contributed by atoms with van der Waals surface area (Å²) in [5.74, 6) is -2.37. The molecule has 0 radical (unpaired) electrons. The average molecular weight is 584 g/mol. The molecule has 43 heavy (non-hydrogen) atoms. The summed E-state index contributed by atoms with van der Waals surface area (Å²) >= 11 is 0. The molecule has 9 nitrogen and oxygen atoms in total. The number of fused-ring (bicyclic) bond motifs is 3. The van der Waals surface area contributed by atoms with Gasteiger partial charge in [-0.15, -0.1) is 0 Å². The van der Waals surface area contributed by atoms with E-state index >= 15 is 0 Å². The lowest BCUT2D eigenvalue weighted by molar-refractivity contribution is -0.144. The average Bonchev–Trinajstić information content (AvgIpc) is 3.35. The van der Waals surface area contributed by atoms with Crippen molar-refractivity contribution in [1.29, 1.82) is 0 Å². The Hall–Kier alpha value is -4.66. The minimum Gasteiger partial charge on any atom is -0.481 e. The van der Waals surface area contributed by atoms with Crippen LogP contribution in [-0.4, -0.2) is 77.6 Å². The maximum absolute atomic E-state index is 13.7. The minimum absolute atomic E-state index is 0.0892. The van der Waals surface area contributed by atoms with E-state index in [1.165, 1.54) is 11.9 Å². The van der Waals surface area contributed by atoms with Gasteiger partial charge in [0.15, 0.2) is 0 Å². The largest absolute Gasteiger partial charge is 0.481 e. The van der Waals surface area contributed by atoms with E-state index < -0.39 is 42.4 Å². The number of benzene rings is 3. The number of nitrogens with one attached hydrogen (secondary N) is 1. The van der Waals surface area contributed by atoms with Gasteiger partial charge in [-0.3, -0.25) is 19.3 Å². The van der Waals surface area contributed by atoms with E-state index in [1.807, 2.05) is 66.7 Å². The van der Waals surface area contributed by atoms with Crippen molar-refractivity contribution >= 4 is 23.9 Å². The van der Waals surface area contributed by atoms with Gasteiger partial charge in [0.05, 0.1) is 6.42 Å². The van der Waals surface area contributed by atoms with E-state index in [2.05, 4.69) is 17.4 Å². The molecule has 0 aromatic heterocycles. The Labute approximate surface area is 251 Å². The quantitative estimate of drug-likeness (QED) is 0.364. The van der Waals surface area contributed by atoms with Crippen LogP contribution in [-0.2, 0) is 25.5 Å². The van der Waals surface area contributed by atoms with E-state index in [0.717, 1.165) is 47.1 Å². The highest BCUT2D eigenvalue weighted by atomic mass is 16.6. The Kier molecular flexibility index (Phi) is 9.39. The molecule has 1 saturated heterocycles. The maximum atomic E-state index is 13.7. The number of carboxylic acids is 1. The number of likely N-dealkylation sites (tertiary alicyclic amines) is 1. The van der Waals surface area contributed by atoms with Crippen molar-refractivity contribution in [2.24, 2.45) is 0 Å². The van der Waals surface area contributed by atoms with Gasteiger partial charge in [-0.1, -0.05) is 78.9 Å². The summed E-state index contributed by atoms with van der Waals surface area (Å²) in [6.45, 7) is 1.14. The second-order valence-electron chi connectivity index (χ2n) is 11.2. The molecule has 1 heterocycles. The van der Waals surface area contributed by atoms with Crippen LogP contribution in [0.4, 0.5) is 4.79 Å². The van der Waals surface area contributed by atoms with Crippen LogP contribution < -0.4 is 5.32 Å². The van der Waals surface area contributed by atoms with Crippen molar-refractivity contribution in [3.63, 3.8) is 0 Å². The fraction of sp³-hybridized carbons (Fsp3) is 0.353. The molecule has 3 amide bonds. The lowest BCUT2D eigenvalue weighted by atomic mass is 9.98. The van der Waals surface area contributed by atoms with Gasteiger partial charge >= 0.3 is 12.1 Å². The van der Waals surface area contributed by atoms with Crippen molar-refractivity contribution < 1.29 is 29.0 Å². The second-order valence-corrected chi connectivity index (χ2v) is 11.2. The van der Waals surface area contributed by atoms with Crippen molar-refractivity contribution in [2.45, 2.75) is 50.1 Å². The summed E-state index contributed by atoms with van der Waals surface area (Å²) in [6, 6.07) is 23.0. The van der Waals surface area contributed by atoms with Crippen molar-refractivity contribution in [3.8, 4) is 11.1 Å². The first-order valence-corrected chi connectivity index (χ1v) is 14.8. The normalized spacial score (nSPS) is 15.5. The Balaban J connectivity index is 1.33. The van der Waals surface area contributed by atoms with Gasteiger partial charge in [0.1, 0.15) is 18.7 Å². The van der Waals surface area contributed by atoms with Crippen LogP contribution in [0.15, 0.2) is 78.9 Å².